The van der Waals surface area contributed by atoms with Crippen molar-refractivity contribution in [3.05, 3.63) is 60.4 Å². The summed E-state index contributed by atoms with van der Waals surface area (Å²) in [5.74, 6) is 0. The second kappa shape index (κ2) is 5.20. The van der Waals surface area contributed by atoms with E-state index in [0.29, 0.717) is 0 Å². The average Bonchev–Trinajstić information content (AvgIpc) is 2.19. The number of hydrogen-bond acceptors (Lipinski definition) is 1. The number of allylic oxidation sites excluding steroid dienone is 8. The smallest absolute Gasteiger partial charge is 0.0346 e. The van der Waals surface area contributed by atoms with Crippen LogP contribution in [0.2, 0.25) is 0 Å². The number of nitrogens with two attached hydrogens (primary N) is 1. The van der Waals surface area contributed by atoms with Crippen LogP contribution in [0.25, 0.3) is 0 Å². The van der Waals surface area contributed by atoms with Gasteiger partial charge in [0.25, 0.3) is 0 Å². The summed E-state index contributed by atoms with van der Waals surface area (Å²) in [5, 5.41) is 0. The van der Waals surface area contributed by atoms with Gasteiger partial charge < -0.3 is 5.73 Å². The maximum absolute atomic E-state index is 5.86. The van der Waals surface area contributed by atoms with Crippen LogP contribution in [0.3, 0.4) is 0 Å². The largest absolute Gasteiger partial charge is 0.399 e. The maximum Gasteiger partial charge on any atom is 0.0346 e. The minimum Gasteiger partial charge on any atom is -0.399 e. The Hall–Kier alpha value is -1.50. The fraction of sp³-hybridized carbons (Fsp3) is 0.167. The Bertz CT molecular complexity index is 290. The van der Waals surface area contributed by atoms with Crippen molar-refractivity contribution in [3.63, 3.8) is 0 Å². The summed E-state index contributed by atoms with van der Waals surface area (Å²) in [4.78, 5) is 0. The fourth-order valence-corrected chi connectivity index (χ4v) is 1.19. The standard InChI is InChI=1S/C12H15N/c1-2-3-5-10-12(13)11-8-6-4-7-9-11/h2-6,8,10H,1,7,9,13H2/b5-3-,12-10-. The Morgan fingerprint density at radius 3 is 2.92 bits per heavy atom. The van der Waals surface area contributed by atoms with E-state index in [1.54, 1.807) is 6.08 Å². The molecular formula is C12H15N. The first-order valence-corrected chi connectivity index (χ1v) is 4.45. The van der Waals surface area contributed by atoms with Crippen LogP contribution in [0.5, 0.6) is 0 Å². The normalized spacial score (nSPS) is 17.5. The first-order chi connectivity index (χ1) is 6.34. The summed E-state index contributed by atoms with van der Waals surface area (Å²) < 4.78 is 0. The zero-order chi connectivity index (χ0) is 9.52. The topological polar surface area (TPSA) is 26.0 Å². The molecular weight excluding hydrogens is 158 g/mol. The van der Waals surface area contributed by atoms with Crippen LogP contribution in [-0.2, 0) is 0 Å². The van der Waals surface area contributed by atoms with Crippen molar-refractivity contribution in [2.24, 2.45) is 5.73 Å². The van der Waals surface area contributed by atoms with E-state index in [0.717, 1.165) is 18.5 Å². The van der Waals surface area contributed by atoms with Crippen LogP contribution >= 0.6 is 0 Å². The van der Waals surface area contributed by atoms with Crippen LogP contribution < -0.4 is 5.73 Å². The van der Waals surface area contributed by atoms with Crippen molar-refractivity contribution in [2.45, 2.75) is 12.8 Å². The van der Waals surface area contributed by atoms with E-state index in [1.807, 2.05) is 18.2 Å². The van der Waals surface area contributed by atoms with Gasteiger partial charge in [0.1, 0.15) is 0 Å². The van der Waals surface area contributed by atoms with Crippen LogP contribution in [0.1, 0.15) is 12.8 Å². The van der Waals surface area contributed by atoms with E-state index < -0.39 is 0 Å². The van der Waals surface area contributed by atoms with Crippen LogP contribution in [0.4, 0.5) is 0 Å². The van der Waals surface area contributed by atoms with Crippen LogP contribution in [-0.4, -0.2) is 0 Å². The van der Waals surface area contributed by atoms with Gasteiger partial charge in [0.05, 0.1) is 0 Å². The van der Waals surface area contributed by atoms with Crippen LogP contribution in [0, 0.1) is 0 Å². The van der Waals surface area contributed by atoms with Crippen molar-refractivity contribution in [1.29, 1.82) is 0 Å². The molecule has 0 amide bonds. The Labute approximate surface area is 79.6 Å². The molecule has 0 spiro atoms. The Morgan fingerprint density at radius 1 is 1.46 bits per heavy atom. The molecule has 0 bridgehead atoms. The van der Waals surface area contributed by atoms with Gasteiger partial charge >= 0.3 is 0 Å². The van der Waals surface area contributed by atoms with Gasteiger partial charge in [-0.3, -0.25) is 0 Å². The van der Waals surface area contributed by atoms with Gasteiger partial charge in [-0.25, -0.2) is 0 Å². The Morgan fingerprint density at radius 2 is 2.31 bits per heavy atom. The van der Waals surface area contributed by atoms with Crippen molar-refractivity contribution in [3.8, 4) is 0 Å². The summed E-state index contributed by atoms with van der Waals surface area (Å²) in [6.07, 6.45) is 15.8. The summed E-state index contributed by atoms with van der Waals surface area (Å²) in [7, 11) is 0. The molecule has 68 valence electrons. The highest BCUT2D eigenvalue weighted by Gasteiger charge is 2.00. The molecule has 0 saturated heterocycles. The minimum atomic E-state index is 0.849. The predicted octanol–water partition coefficient (Wildman–Crippen LogP) is 2.85. The predicted molar refractivity (Wildman–Crippen MR) is 58.1 cm³/mol. The SMILES string of the molecule is C=C/C=C\C=C(/N)C1=CC=CCC1. The third-order valence-corrected chi connectivity index (χ3v) is 1.91. The third-order valence-electron chi connectivity index (χ3n) is 1.91. The lowest BCUT2D eigenvalue weighted by atomic mass is 10.0. The van der Waals surface area contributed by atoms with E-state index in [4.69, 9.17) is 5.73 Å². The molecule has 1 aliphatic carbocycles. The highest BCUT2D eigenvalue weighted by molar-refractivity contribution is 5.36. The minimum absolute atomic E-state index is 0.849. The molecule has 0 aliphatic heterocycles. The molecule has 1 nitrogen and oxygen atoms in total. The molecule has 0 radical (unpaired) electrons. The van der Waals surface area contributed by atoms with Gasteiger partial charge in [0.15, 0.2) is 0 Å². The van der Waals surface area contributed by atoms with Gasteiger partial charge in [-0.15, -0.1) is 0 Å². The van der Waals surface area contributed by atoms with E-state index in [1.165, 1.54) is 5.57 Å². The molecule has 13 heavy (non-hydrogen) atoms. The molecule has 0 atom stereocenters. The monoisotopic (exact) mass is 173 g/mol. The zero-order valence-electron chi connectivity index (χ0n) is 7.74. The molecule has 0 heterocycles. The zero-order valence-corrected chi connectivity index (χ0v) is 7.74. The third kappa shape index (κ3) is 3.16. The molecule has 0 aromatic carbocycles. The van der Waals surface area contributed by atoms with Crippen molar-refractivity contribution < 1.29 is 0 Å². The summed E-state index contributed by atoms with van der Waals surface area (Å²) in [5.41, 5.74) is 7.93. The van der Waals surface area contributed by atoms with Crippen molar-refractivity contribution in [1.82, 2.24) is 0 Å². The van der Waals surface area contributed by atoms with Crippen LogP contribution in [0.15, 0.2) is 60.4 Å². The van der Waals surface area contributed by atoms with E-state index >= 15 is 0 Å². The lowest BCUT2D eigenvalue weighted by Gasteiger charge is -2.07. The average molecular weight is 173 g/mol. The summed E-state index contributed by atoms with van der Waals surface area (Å²) in [6.45, 7) is 3.59. The second-order valence-corrected chi connectivity index (χ2v) is 2.90. The van der Waals surface area contributed by atoms with Gasteiger partial charge in [-0.2, -0.15) is 0 Å². The molecule has 1 rings (SSSR count). The fourth-order valence-electron chi connectivity index (χ4n) is 1.19. The second-order valence-electron chi connectivity index (χ2n) is 2.90. The first kappa shape index (κ1) is 9.59. The van der Waals surface area contributed by atoms with E-state index in [2.05, 4.69) is 24.8 Å². The Kier molecular flexibility index (Phi) is 3.83. The van der Waals surface area contributed by atoms with Gasteiger partial charge in [-0.05, 0) is 24.5 Å². The lowest BCUT2D eigenvalue weighted by Crippen LogP contribution is -2.01. The summed E-state index contributed by atoms with van der Waals surface area (Å²) >= 11 is 0. The number of hydrogen-bond donors (Lipinski definition) is 1. The molecule has 0 saturated carbocycles. The summed E-state index contributed by atoms with van der Waals surface area (Å²) in [6, 6.07) is 0. The van der Waals surface area contributed by atoms with E-state index in [-0.39, 0.29) is 0 Å². The van der Waals surface area contributed by atoms with Crippen molar-refractivity contribution in [2.75, 3.05) is 0 Å². The van der Waals surface area contributed by atoms with Gasteiger partial charge in [0, 0.05) is 5.70 Å². The maximum atomic E-state index is 5.86. The number of rotatable bonds is 3. The molecule has 0 aromatic heterocycles. The highest BCUT2D eigenvalue weighted by Crippen LogP contribution is 2.16. The molecule has 1 heteroatoms. The Balaban J connectivity index is 2.65. The molecule has 1 aliphatic rings. The molecule has 0 fully saturated rings. The molecule has 2 N–H and O–H groups in total. The first-order valence-electron chi connectivity index (χ1n) is 4.45. The highest BCUT2D eigenvalue weighted by atomic mass is 14.6. The lowest BCUT2D eigenvalue weighted by molar-refractivity contribution is 0.962. The molecule has 0 unspecified atom stereocenters. The van der Waals surface area contributed by atoms with Crippen molar-refractivity contribution >= 4 is 0 Å². The molecule has 0 aromatic rings. The van der Waals surface area contributed by atoms with E-state index in [9.17, 15) is 0 Å². The van der Waals surface area contributed by atoms with Gasteiger partial charge in [0.2, 0.25) is 0 Å². The quantitative estimate of drug-likeness (QED) is 0.652. The van der Waals surface area contributed by atoms with Gasteiger partial charge in [-0.1, -0.05) is 43.0 Å².